The van der Waals surface area contributed by atoms with Crippen LogP contribution >= 0.6 is 0 Å². The van der Waals surface area contributed by atoms with Gasteiger partial charge in [0.15, 0.2) is 6.61 Å². The quantitative estimate of drug-likeness (QED) is 0.559. The summed E-state index contributed by atoms with van der Waals surface area (Å²) in [7, 11) is -3.61. The van der Waals surface area contributed by atoms with Crippen LogP contribution in [0.3, 0.4) is 0 Å². The van der Waals surface area contributed by atoms with Crippen LogP contribution < -0.4 is 10.2 Å². The summed E-state index contributed by atoms with van der Waals surface area (Å²) in [5, 5.41) is 2.57. The Hall–Kier alpha value is -3.24. The number of amides is 2. The average molecular weight is 500 g/mol. The van der Waals surface area contributed by atoms with Gasteiger partial charge in [-0.05, 0) is 49.1 Å². The van der Waals surface area contributed by atoms with Gasteiger partial charge in [0, 0.05) is 37.4 Å². The molecule has 0 aliphatic carbocycles. The molecule has 9 nitrogen and oxygen atoms in total. The normalized spacial score (nSPS) is 18.6. The number of carbonyl (C=O) groups is 3. The van der Waals surface area contributed by atoms with Crippen molar-refractivity contribution in [2.45, 2.75) is 37.5 Å². The van der Waals surface area contributed by atoms with Crippen molar-refractivity contribution in [3.8, 4) is 0 Å². The lowest BCUT2D eigenvalue weighted by molar-refractivity contribution is -0.151. The van der Waals surface area contributed by atoms with Crippen molar-refractivity contribution in [1.29, 1.82) is 0 Å². The minimum atomic E-state index is -3.61. The number of nitrogens with one attached hydrogen (secondary N) is 1. The van der Waals surface area contributed by atoms with E-state index in [4.69, 9.17) is 4.74 Å². The zero-order valence-electron chi connectivity index (χ0n) is 19.6. The largest absolute Gasteiger partial charge is 0.455 e. The van der Waals surface area contributed by atoms with Gasteiger partial charge in [0.25, 0.3) is 5.91 Å². The van der Waals surface area contributed by atoms with Crippen LogP contribution in [0.2, 0.25) is 0 Å². The Kier molecular flexibility index (Phi) is 7.51. The Morgan fingerprint density at radius 2 is 1.83 bits per heavy atom. The van der Waals surface area contributed by atoms with Crippen LogP contribution in [-0.4, -0.2) is 56.7 Å². The number of anilines is 2. The summed E-state index contributed by atoms with van der Waals surface area (Å²) in [6.07, 6.45) is 2.44. The van der Waals surface area contributed by atoms with Gasteiger partial charge < -0.3 is 15.0 Å². The number of nitrogens with zero attached hydrogens (tertiary/aromatic N) is 2. The minimum Gasteiger partial charge on any atom is -0.455 e. The summed E-state index contributed by atoms with van der Waals surface area (Å²) in [5.41, 5.74) is 2.10. The van der Waals surface area contributed by atoms with E-state index < -0.39 is 34.4 Å². The van der Waals surface area contributed by atoms with E-state index >= 15 is 0 Å². The molecule has 1 atom stereocenters. The molecule has 0 radical (unpaired) electrons. The van der Waals surface area contributed by atoms with E-state index in [1.807, 2.05) is 31.2 Å². The number of esters is 1. The van der Waals surface area contributed by atoms with E-state index in [9.17, 15) is 22.8 Å². The van der Waals surface area contributed by atoms with Crippen LogP contribution in [0, 0.1) is 5.92 Å². The lowest BCUT2D eigenvalue weighted by atomic mass is 10.1. The second-order valence-electron chi connectivity index (χ2n) is 8.68. The standard InChI is InChI=1S/C25H29N3O6S/c1-2-18-8-3-4-11-22(18)28-16-19(14-24(28)30)25(31)34-17-23(29)26-20-9-7-10-21(15-20)35(32,33)27-12-5-6-13-27/h3-4,7-11,15,19H,2,5-6,12-14,16-17H2,1H3,(H,26,29). The number of ether oxygens (including phenoxy) is 1. The molecular weight excluding hydrogens is 470 g/mol. The smallest absolute Gasteiger partial charge is 0.311 e. The number of hydrogen-bond acceptors (Lipinski definition) is 6. The van der Waals surface area contributed by atoms with Crippen molar-refractivity contribution < 1.29 is 27.5 Å². The zero-order valence-corrected chi connectivity index (χ0v) is 20.4. The number of hydrogen-bond donors (Lipinski definition) is 1. The highest BCUT2D eigenvalue weighted by atomic mass is 32.2. The zero-order chi connectivity index (χ0) is 25.0. The fourth-order valence-electron chi connectivity index (χ4n) is 4.43. The molecular formula is C25H29N3O6S. The minimum absolute atomic E-state index is 0.0227. The maximum atomic E-state index is 12.7. The van der Waals surface area contributed by atoms with Crippen molar-refractivity contribution >= 4 is 39.2 Å². The predicted molar refractivity (Wildman–Crippen MR) is 130 cm³/mol. The van der Waals surface area contributed by atoms with Gasteiger partial charge >= 0.3 is 5.97 Å². The van der Waals surface area contributed by atoms with Crippen LogP contribution in [0.25, 0.3) is 0 Å². The highest BCUT2D eigenvalue weighted by Gasteiger charge is 2.37. The third kappa shape index (κ3) is 5.54. The molecule has 186 valence electrons. The van der Waals surface area contributed by atoms with E-state index in [2.05, 4.69) is 5.32 Å². The Balaban J connectivity index is 1.32. The SMILES string of the molecule is CCc1ccccc1N1CC(C(=O)OCC(=O)Nc2cccc(S(=O)(=O)N3CCCC3)c2)CC1=O. The molecule has 0 spiro atoms. The van der Waals surface area contributed by atoms with Crippen molar-refractivity contribution in [3.05, 3.63) is 54.1 Å². The van der Waals surface area contributed by atoms with E-state index in [1.165, 1.54) is 16.4 Å². The Labute approximate surface area is 205 Å². The van der Waals surface area contributed by atoms with Gasteiger partial charge in [0.05, 0.1) is 10.8 Å². The second kappa shape index (κ2) is 10.6. The molecule has 4 rings (SSSR count). The molecule has 0 saturated carbocycles. The molecule has 2 aromatic carbocycles. The van der Waals surface area contributed by atoms with Gasteiger partial charge in [-0.3, -0.25) is 14.4 Å². The average Bonchev–Trinajstić information content (AvgIpc) is 3.53. The monoisotopic (exact) mass is 499 g/mol. The molecule has 2 aliphatic heterocycles. The molecule has 2 aliphatic rings. The summed E-state index contributed by atoms with van der Waals surface area (Å²) < 4.78 is 32.1. The molecule has 0 bridgehead atoms. The van der Waals surface area contributed by atoms with Crippen molar-refractivity contribution in [2.75, 3.05) is 36.5 Å². The summed E-state index contributed by atoms with van der Waals surface area (Å²) in [6.45, 7) is 2.64. The lowest BCUT2D eigenvalue weighted by Gasteiger charge is -2.19. The fourth-order valence-corrected chi connectivity index (χ4v) is 6.00. The van der Waals surface area contributed by atoms with E-state index in [0.29, 0.717) is 18.8 Å². The van der Waals surface area contributed by atoms with Crippen LogP contribution in [0.5, 0.6) is 0 Å². The van der Waals surface area contributed by atoms with Crippen LogP contribution in [0.1, 0.15) is 31.7 Å². The highest BCUT2D eigenvalue weighted by Crippen LogP contribution is 2.29. The van der Waals surface area contributed by atoms with Crippen LogP contribution in [0.4, 0.5) is 11.4 Å². The highest BCUT2D eigenvalue weighted by molar-refractivity contribution is 7.89. The maximum absolute atomic E-state index is 12.7. The van der Waals surface area contributed by atoms with Crippen molar-refractivity contribution in [2.24, 2.45) is 5.92 Å². The first-order valence-electron chi connectivity index (χ1n) is 11.7. The van der Waals surface area contributed by atoms with Gasteiger partial charge in [-0.1, -0.05) is 31.2 Å². The van der Waals surface area contributed by atoms with Gasteiger partial charge in [0.2, 0.25) is 15.9 Å². The number of para-hydroxylation sites is 1. The Morgan fingerprint density at radius 3 is 2.57 bits per heavy atom. The number of benzene rings is 2. The summed E-state index contributed by atoms with van der Waals surface area (Å²) >= 11 is 0. The second-order valence-corrected chi connectivity index (χ2v) is 10.6. The molecule has 1 N–H and O–H groups in total. The first kappa shape index (κ1) is 24.9. The number of carbonyl (C=O) groups excluding carboxylic acids is 3. The van der Waals surface area contributed by atoms with E-state index in [0.717, 1.165) is 30.5 Å². The van der Waals surface area contributed by atoms with Crippen molar-refractivity contribution in [1.82, 2.24) is 4.31 Å². The van der Waals surface area contributed by atoms with Gasteiger partial charge in [-0.15, -0.1) is 0 Å². The Bertz CT molecular complexity index is 1220. The number of sulfonamides is 1. The van der Waals surface area contributed by atoms with Gasteiger partial charge in [-0.2, -0.15) is 4.31 Å². The van der Waals surface area contributed by atoms with Crippen LogP contribution in [0.15, 0.2) is 53.4 Å². The molecule has 2 fully saturated rings. The number of aryl methyl sites for hydroxylation is 1. The third-order valence-corrected chi connectivity index (χ3v) is 8.18. The molecule has 10 heteroatoms. The van der Waals surface area contributed by atoms with Crippen molar-refractivity contribution in [3.63, 3.8) is 0 Å². The van der Waals surface area contributed by atoms with Gasteiger partial charge in [-0.25, -0.2) is 8.42 Å². The molecule has 2 heterocycles. The molecule has 2 saturated heterocycles. The first-order chi connectivity index (χ1) is 16.8. The third-order valence-electron chi connectivity index (χ3n) is 6.29. The van der Waals surface area contributed by atoms with E-state index in [-0.39, 0.29) is 23.8 Å². The van der Waals surface area contributed by atoms with Crippen LogP contribution in [-0.2, 0) is 35.6 Å². The molecule has 35 heavy (non-hydrogen) atoms. The molecule has 2 aromatic rings. The topological polar surface area (TPSA) is 113 Å². The predicted octanol–water partition coefficient (Wildman–Crippen LogP) is 2.57. The fraction of sp³-hybridized carbons (Fsp3) is 0.400. The number of rotatable bonds is 8. The van der Waals surface area contributed by atoms with E-state index in [1.54, 1.807) is 17.0 Å². The first-order valence-corrected chi connectivity index (χ1v) is 13.2. The van der Waals surface area contributed by atoms with Gasteiger partial charge in [0.1, 0.15) is 0 Å². The summed E-state index contributed by atoms with van der Waals surface area (Å²) in [5.74, 6) is -2.02. The maximum Gasteiger partial charge on any atom is 0.311 e. The molecule has 0 aromatic heterocycles. The summed E-state index contributed by atoms with van der Waals surface area (Å²) in [4.78, 5) is 39.1. The summed E-state index contributed by atoms with van der Waals surface area (Å²) in [6, 6.07) is 13.6. The Morgan fingerprint density at radius 1 is 1.09 bits per heavy atom. The molecule has 1 unspecified atom stereocenters. The molecule has 2 amide bonds. The lowest BCUT2D eigenvalue weighted by Crippen LogP contribution is -2.29.